The number of rotatable bonds is 2. The summed E-state index contributed by atoms with van der Waals surface area (Å²) >= 11 is 0. The molecule has 0 spiro atoms. The van der Waals surface area contributed by atoms with Crippen LogP contribution in [0.15, 0.2) is 24.5 Å². The summed E-state index contributed by atoms with van der Waals surface area (Å²) in [4.78, 5) is 16.0. The predicted octanol–water partition coefficient (Wildman–Crippen LogP) is 0.331. The van der Waals surface area contributed by atoms with Crippen LogP contribution < -0.4 is 10.6 Å². The fourth-order valence-corrected chi connectivity index (χ4v) is 2.69. The molecule has 3 atom stereocenters. The van der Waals surface area contributed by atoms with Crippen LogP contribution in [0, 0.1) is 0 Å². The summed E-state index contributed by atoms with van der Waals surface area (Å²) in [5.74, 6) is -0.0790. The van der Waals surface area contributed by atoms with Gasteiger partial charge in [-0.15, -0.1) is 0 Å². The zero-order valence-electron chi connectivity index (χ0n) is 10.1. The zero-order valence-corrected chi connectivity index (χ0v) is 10.1. The van der Waals surface area contributed by atoms with Gasteiger partial charge in [-0.05, 0) is 25.0 Å². The lowest BCUT2D eigenvalue weighted by Gasteiger charge is -2.29. The van der Waals surface area contributed by atoms with E-state index in [1.807, 2.05) is 0 Å². The minimum absolute atomic E-state index is 0.0583. The van der Waals surface area contributed by atoms with Gasteiger partial charge in [0.15, 0.2) is 0 Å². The number of nitrogens with zero attached hydrogens (tertiary/aromatic N) is 1. The largest absolute Gasteiger partial charge is 0.374 e. The summed E-state index contributed by atoms with van der Waals surface area (Å²) in [6.45, 7) is 1.57. The number of hydrogen-bond donors (Lipinski definition) is 2. The standard InChI is InChI=1S/C13H17N3O2/c17-13(9-3-1-5-14-7-9)16-11-8-15-10-4-2-6-18-12(10)11/h1,3,5,7,10-12,15H,2,4,6,8H2,(H,16,17)/t10-,11+,12+/m0/s1. The van der Waals surface area contributed by atoms with Crippen LogP contribution in [0.1, 0.15) is 23.2 Å². The van der Waals surface area contributed by atoms with Crippen LogP contribution in [-0.4, -0.2) is 42.2 Å². The molecule has 2 N–H and O–H groups in total. The second-order valence-corrected chi connectivity index (χ2v) is 4.81. The van der Waals surface area contributed by atoms with Crippen molar-refractivity contribution in [3.05, 3.63) is 30.1 Å². The Morgan fingerprint density at radius 3 is 3.33 bits per heavy atom. The molecule has 2 saturated heterocycles. The van der Waals surface area contributed by atoms with E-state index in [9.17, 15) is 4.79 Å². The van der Waals surface area contributed by atoms with Crippen LogP contribution in [0.4, 0.5) is 0 Å². The molecular formula is C13H17N3O2. The molecule has 5 heteroatoms. The van der Waals surface area contributed by atoms with E-state index in [4.69, 9.17) is 4.74 Å². The summed E-state index contributed by atoms with van der Waals surface area (Å²) in [5, 5.41) is 6.44. The van der Waals surface area contributed by atoms with Crippen molar-refractivity contribution in [2.24, 2.45) is 0 Å². The summed E-state index contributed by atoms with van der Waals surface area (Å²) in [7, 11) is 0. The summed E-state index contributed by atoms with van der Waals surface area (Å²) < 4.78 is 5.76. The number of carbonyl (C=O) groups is 1. The first-order chi connectivity index (χ1) is 8.84. The van der Waals surface area contributed by atoms with Crippen molar-refractivity contribution in [2.75, 3.05) is 13.2 Å². The van der Waals surface area contributed by atoms with Gasteiger partial charge in [-0.25, -0.2) is 0 Å². The van der Waals surface area contributed by atoms with Crippen LogP contribution in [0.2, 0.25) is 0 Å². The summed E-state index contributed by atoms with van der Waals surface area (Å²) in [6, 6.07) is 3.98. The van der Waals surface area contributed by atoms with Crippen molar-refractivity contribution < 1.29 is 9.53 Å². The first-order valence-corrected chi connectivity index (χ1v) is 6.40. The molecule has 18 heavy (non-hydrogen) atoms. The van der Waals surface area contributed by atoms with Crippen molar-refractivity contribution in [3.8, 4) is 0 Å². The molecular weight excluding hydrogens is 230 g/mol. The van der Waals surface area contributed by atoms with Gasteiger partial charge in [0.2, 0.25) is 0 Å². The number of nitrogens with one attached hydrogen (secondary N) is 2. The molecule has 5 nitrogen and oxygen atoms in total. The molecule has 1 amide bonds. The average molecular weight is 247 g/mol. The Hall–Kier alpha value is -1.46. The molecule has 0 radical (unpaired) electrons. The third kappa shape index (κ3) is 2.23. The molecule has 96 valence electrons. The molecule has 0 saturated carbocycles. The SMILES string of the molecule is O=C(N[C@@H]1CN[C@H]2CCCO[C@H]21)c1cccnc1. The lowest BCUT2D eigenvalue weighted by atomic mass is 10.0. The number of amides is 1. The predicted molar refractivity (Wildman–Crippen MR) is 66.3 cm³/mol. The van der Waals surface area contributed by atoms with Gasteiger partial charge in [0.25, 0.3) is 5.91 Å². The van der Waals surface area contributed by atoms with Crippen LogP contribution in [0.5, 0.6) is 0 Å². The number of hydrogen-bond acceptors (Lipinski definition) is 4. The minimum atomic E-state index is -0.0790. The van der Waals surface area contributed by atoms with E-state index >= 15 is 0 Å². The van der Waals surface area contributed by atoms with Crippen LogP contribution in [-0.2, 0) is 4.74 Å². The second-order valence-electron chi connectivity index (χ2n) is 4.81. The Morgan fingerprint density at radius 2 is 2.50 bits per heavy atom. The fraction of sp³-hybridized carbons (Fsp3) is 0.538. The van der Waals surface area contributed by atoms with Gasteiger partial charge in [0.05, 0.1) is 17.7 Å². The minimum Gasteiger partial charge on any atom is -0.374 e. The van der Waals surface area contributed by atoms with Crippen molar-refractivity contribution in [1.29, 1.82) is 0 Å². The second kappa shape index (κ2) is 5.04. The Kier molecular flexibility index (Phi) is 3.25. The normalized spacial score (nSPS) is 30.8. The Balaban J connectivity index is 1.65. The van der Waals surface area contributed by atoms with E-state index in [0.717, 1.165) is 26.0 Å². The van der Waals surface area contributed by atoms with E-state index in [1.54, 1.807) is 24.5 Å². The highest BCUT2D eigenvalue weighted by Gasteiger charge is 2.39. The number of pyridine rings is 1. The van der Waals surface area contributed by atoms with E-state index in [-0.39, 0.29) is 18.1 Å². The molecule has 0 aliphatic carbocycles. The summed E-state index contributed by atoms with van der Waals surface area (Å²) in [5.41, 5.74) is 0.594. The highest BCUT2D eigenvalue weighted by molar-refractivity contribution is 5.94. The molecule has 3 heterocycles. The van der Waals surface area contributed by atoms with Gasteiger partial charge in [0.1, 0.15) is 0 Å². The highest BCUT2D eigenvalue weighted by atomic mass is 16.5. The van der Waals surface area contributed by atoms with Crippen LogP contribution in [0.25, 0.3) is 0 Å². The van der Waals surface area contributed by atoms with Crippen LogP contribution >= 0.6 is 0 Å². The molecule has 1 aromatic rings. The molecule has 0 bridgehead atoms. The molecule has 0 aromatic carbocycles. The number of fused-ring (bicyclic) bond motifs is 1. The third-order valence-electron chi connectivity index (χ3n) is 3.60. The fourth-order valence-electron chi connectivity index (χ4n) is 2.69. The molecule has 3 rings (SSSR count). The summed E-state index contributed by atoms with van der Waals surface area (Å²) in [6.07, 6.45) is 5.58. The average Bonchev–Trinajstić information content (AvgIpc) is 2.83. The van der Waals surface area contributed by atoms with Gasteiger partial charge in [-0.2, -0.15) is 0 Å². The lowest BCUT2D eigenvalue weighted by Crippen LogP contribution is -2.47. The first kappa shape index (κ1) is 11.6. The van der Waals surface area contributed by atoms with Crippen molar-refractivity contribution >= 4 is 5.91 Å². The molecule has 2 aliphatic heterocycles. The number of carbonyl (C=O) groups excluding carboxylic acids is 1. The maximum Gasteiger partial charge on any atom is 0.253 e. The van der Waals surface area contributed by atoms with Gasteiger partial charge in [-0.3, -0.25) is 9.78 Å². The molecule has 0 unspecified atom stereocenters. The van der Waals surface area contributed by atoms with E-state index in [1.165, 1.54) is 0 Å². The Bertz CT molecular complexity index is 424. The van der Waals surface area contributed by atoms with E-state index < -0.39 is 0 Å². The Morgan fingerprint density at radius 1 is 1.56 bits per heavy atom. The van der Waals surface area contributed by atoms with Gasteiger partial charge < -0.3 is 15.4 Å². The van der Waals surface area contributed by atoms with E-state index in [2.05, 4.69) is 15.6 Å². The van der Waals surface area contributed by atoms with Gasteiger partial charge in [0, 0.05) is 31.6 Å². The van der Waals surface area contributed by atoms with E-state index in [0.29, 0.717) is 11.6 Å². The zero-order chi connectivity index (χ0) is 12.4. The van der Waals surface area contributed by atoms with Crippen molar-refractivity contribution in [3.63, 3.8) is 0 Å². The third-order valence-corrected chi connectivity index (χ3v) is 3.60. The maximum atomic E-state index is 12.0. The topological polar surface area (TPSA) is 63.2 Å². The van der Waals surface area contributed by atoms with Crippen molar-refractivity contribution in [1.82, 2.24) is 15.6 Å². The Labute approximate surface area is 106 Å². The highest BCUT2D eigenvalue weighted by Crippen LogP contribution is 2.21. The van der Waals surface area contributed by atoms with Gasteiger partial charge in [-0.1, -0.05) is 0 Å². The van der Waals surface area contributed by atoms with Crippen molar-refractivity contribution in [2.45, 2.75) is 31.0 Å². The molecule has 2 aliphatic rings. The monoisotopic (exact) mass is 247 g/mol. The number of ether oxygens (including phenoxy) is 1. The lowest BCUT2D eigenvalue weighted by molar-refractivity contribution is -0.00214. The van der Waals surface area contributed by atoms with Gasteiger partial charge >= 0.3 is 0 Å². The van der Waals surface area contributed by atoms with Crippen LogP contribution in [0.3, 0.4) is 0 Å². The number of aromatic nitrogens is 1. The molecule has 1 aromatic heterocycles. The quantitative estimate of drug-likeness (QED) is 0.790. The smallest absolute Gasteiger partial charge is 0.253 e. The first-order valence-electron chi connectivity index (χ1n) is 6.40. The maximum absolute atomic E-state index is 12.0. The molecule has 2 fully saturated rings.